The molecule has 0 aliphatic heterocycles. The van der Waals surface area contributed by atoms with Crippen LogP contribution in [0, 0.1) is 61.6 Å². The number of aliphatic carboxylic acids is 2. The SMILES string of the molecule is CC(C)(CC(=O)O)CC(=O)[C@H]1CC[C@]2(C)[C@H]3CC=C4[C@@H]5CC(C)(C)CC[C@]5(C(=O)O)CC[C@@]4(C)[C@]3(C)CC[C@H]2C1(C)C. The quantitative estimate of drug-likeness (QED) is 0.305. The average molecular weight is 583 g/mol. The average Bonchev–Trinajstić information content (AvgIpc) is 2.82. The first-order valence-electron chi connectivity index (χ1n) is 16.8. The van der Waals surface area contributed by atoms with Crippen LogP contribution in [0.2, 0.25) is 0 Å². The number of carbonyl (C=O) groups excluding carboxylic acids is 1. The molecule has 4 saturated carbocycles. The van der Waals surface area contributed by atoms with E-state index in [-0.39, 0.29) is 51.1 Å². The van der Waals surface area contributed by atoms with Crippen LogP contribution in [-0.4, -0.2) is 27.9 Å². The zero-order valence-corrected chi connectivity index (χ0v) is 28.0. The molecule has 236 valence electrons. The predicted molar refractivity (Wildman–Crippen MR) is 166 cm³/mol. The standard InChI is InChI=1S/C37H58O5/c1-31(2)16-18-37(30(41)42)19-17-35(8)23(25(37)20-31)10-11-28-34(7)14-12-24(26(38)21-32(3,4)22-29(39)40)33(5,6)27(34)13-15-36(28,35)9/h10,24-25,27-28H,11-22H2,1-9H3,(H,39,40)(H,41,42)/t24-,25+,27+,28-,34+,35-,36-,37+/m1/s1. The first-order valence-corrected chi connectivity index (χ1v) is 16.8. The van der Waals surface area contributed by atoms with Gasteiger partial charge in [0.2, 0.25) is 0 Å². The summed E-state index contributed by atoms with van der Waals surface area (Å²) in [7, 11) is 0. The lowest BCUT2D eigenvalue weighted by Gasteiger charge is -2.71. The van der Waals surface area contributed by atoms with Gasteiger partial charge in [-0.3, -0.25) is 14.4 Å². The molecule has 5 rings (SSSR count). The highest BCUT2D eigenvalue weighted by atomic mass is 16.4. The number of hydrogen-bond donors (Lipinski definition) is 2. The van der Waals surface area contributed by atoms with Gasteiger partial charge in [0.15, 0.2) is 0 Å². The molecule has 5 aliphatic rings. The van der Waals surface area contributed by atoms with E-state index < -0.39 is 22.8 Å². The van der Waals surface area contributed by atoms with Crippen molar-refractivity contribution >= 4 is 17.7 Å². The van der Waals surface area contributed by atoms with Crippen molar-refractivity contribution in [3.63, 3.8) is 0 Å². The topological polar surface area (TPSA) is 91.7 Å². The Balaban J connectivity index is 1.47. The number of ketones is 1. The summed E-state index contributed by atoms with van der Waals surface area (Å²) in [6.07, 6.45) is 12.5. The molecule has 0 saturated heterocycles. The molecule has 5 heteroatoms. The van der Waals surface area contributed by atoms with Crippen LogP contribution in [0.1, 0.15) is 139 Å². The van der Waals surface area contributed by atoms with E-state index in [4.69, 9.17) is 0 Å². The van der Waals surface area contributed by atoms with Gasteiger partial charge in [-0.15, -0.1) is 0 Å². The van der Waals surface area contributed by atoms with E-state index in [1.165, 1.54) is 5.57 Å². The summed E-state index contributed by atoms with van der Waals surface area (Å²) in [5.41, 5.74) is 0.551. The second kappa shape index (κ2) is 9.67. The molecular formula is C37H58O5. The summed E-state index contributed by atoms with van der Waals surface area (Å²) in [6, 6.07) is 0. The minimum Gasteiger partial charge on any atom is -0.481 e. The molecule has 0 radical (unpaired) electrons. The molecule has 0 heterocycles. The fourth-order valence-electron chi connectivity index (χ4n) is 12.3. The molecule has 42 heavy (non-hydrogen) atoms. The Hall–Kier alpha value is -1.65. The third-order valence-corrected chi connectivity index (χ3v) is 14.8. The number of rotatable bonds is 6. The van der Waals surface area contributed by atoms with Gasteiger partial charge in [-0.1, -0.05) is 74.0 Å². The van der Waals surface area contributed by atoms with Gasteiger partial charge in [0.05, 0.1) is 11.8 Å². The highest BCUT2D eigenvalue weighted by Gasteiger charge is 2.69. The van der Waals surface area contributed by atoms with Crippen LogP contribution < -0.4 is 0 Å². The maximum absolute atomic E-state index is 13.8. The van der Waals surface area contributed by atoms with Gasteiger partial charge in [-0.05, 0) is 114 Å². The Bertz CT molecular complexity index is 1190. The van der Waals surface area contributed by atoms with E-state index in [2.05, 4.69) is 54.5 Å². The molecule has 0 unspecified atom stereocenters. The molecule has 8 atom stereocenters. The zero-order valence-electron chi connectivity index (χ0n) is 28.0. The number of fused-ring (bicyclic) bond motifs is 7. The first kappa shape index (κ1) is 31.8. The number of allylic oxidation sites excluding steroid dienone is 2. The smallest absolute Gasteiger partial charge is 0.310 e. The summed E-state index contributed by atoms with van der Waals surface area (Å²) in [4.78, 5) is 38.1. The number of carbonyl (C=O) groups is 3. The molecule has 0 bridgehead atoms. The molecule has 2 N–H and O–H groups in total. The normalized spacial score (nSPS) is 44.0. The van der Waals surface area contributed by atoms with Crippen molar-refractivity contribution in [1.82, 2.24) is 0 Å². The molecule has 0 amide bonds. The highest BCUT2D eigenvalue weighted by Crippen LogP contribution is 2.76. The number of Topliss-reactive ketones (excluding diaryl/α,β-unsaturated/α-hetero) is 1. The fourth-order valence-corrected chi connectivity index (χ4v) is 12.3. The summed E-state index contributed by atoms with van der Waals surface area (Å²) in [6.45, 7) is 20.7. The third kappa shape index (κ3) is 4.47. The molecule has 0 aromatic heterocycles. The molecule has 0 aromatic carbocycles. The van der Waals surface area contributed by atoms with Crippen LogP contribution in [0.5, 0.6) is 0 Å². The van der Waals surface area contributed by atoms with Crippen LogP contribution >= 0.6 is 0 Å². The molecular weight excluding hydrogens is 524 g/mol. The monoisotopic (exact) mass is 582 g/mol. The number of hydrogen-bond acceptors (Lipinski definition) is 3. The highest BCUT2D eigenvalue weighted by molar-refractivity contribution is 5.83. The maximum atomic E-state index is 13.8. The van der Waals surface area contributed by atoms with Crippen molar-refractivity contribution in [2.45, 2.75) is 139 Å². The fraction of sp³-hybridized carbons (Fsp3) is 0.865. The van der Waals surface area contributed by atoms with Gasteiger partial charge < -0.3 is 10.2 Å². The Labute approximate surface area is 254 Å². The number of carboxylic acids is 2. The van der Waals surface area contributed by atoms with Crippen LogP contribution in [0.15, 0.2) is 11.6 Å². The van der Waals surface area contributed by atoms with Gasteiger partial charge in [0.1, 0.15) is 5.78 Å². The third-order valence-electron chi connectivity index (χ3n) is 14.8. The minimum atomic E-state index is -0.840. The first-order chi connectivity index (χ1) is 19.2. The van der Waals surface area contributed by atoms with Crippen molar-refractivity contribution in [3.05, 3.63) is 11.6 Å². The second-order valence-corrected chi connectivity index (χ2v) is 18.5. The van der Waals surface area contributed by atoms with Crippen LogP contribution in [-0.2, 0) is 14.4 Å². The van der Waals surface area contributed by atoms with Crippen molar-refractivity contribution in [2.24, 2.45) is 61.6 Å². The van der Waals surface area contributed by atoms with E-state index in [0.717, 1.165) is 64.2 Å². The minimum absolute atomic E-state index is 0.00139. The Morgan fingerprint density at radius 2 is 1.48 bits per heavy atom. The largest absolute Gasteiger partial charge is 0.481 e. The van der Waals surface area contributed by atoms with Gasteiger partial charge in [0, 0.05) is 12.3 Å². The van der Waals surface area contributed by atoms with Crippen LogP contribution in [0.3, 0.4) is 0 Å². The lowest BCUT2D eigenvalue weighted by Crippen LogP contribution is -2.65. The second-order valence-electron chi connectivity index (χ2n) is 18.5. The van der Waals surface area contributed by atoms with E-state index in [1.807, 2.05) is 13.8 Å². The van der Waals surface area contributed by atoms with Crippen molar-refractivity contribution in [2.75, 3.05) is 0 Å². The lowest BCUT2D eigenvalue weighted by atomic mass is 9.33. The number of carboxylic acid groups (broad SMARTS) is 2. The van der Waals surface area contributed by atoms with E-state index in [9.17, 15) is 24.6 Å². The van der Waals surface area contributed by atoms with Gasteiger partial charge in [0.25, 0.3) is 0 Å². The maximum Gasteiger partial charge on any atom is 0.310 e. The zero-order chi connectivity index (χ0) is 31.3. The van der Waals surface area contributed by atoms with Crippen molar-refractivity contribution in [3.8, 4) is 0 Å². The molecule has 5 aliphatic carbocycles. The summed E-state index contributed by atoms with van der Waals surface area (Å²) < 4.78 is 0. The summed E-state index contributed by atoms with van der Waals surface area (Å²) >= 11 is 0. The molecule has 0 spiro atoms. The Kier molecular flexibility index (Phi) is 7.32. The van der Waals surface area contributed by atoms with Crippen LogP contribution in [0.4, 0.5) is 0 Å². The van der Waals surface area contributed by atoms with Gasteiger partial charge in [-0.2, -0.15) is 0 Å². The van der Waals surface area contributed by atoms with Gasteiger partial charge >= 0.3 is 11.9 Å². The predicted octanol–water partition coefficient (Wildman–Crippen LogP) is 8.95. The van der Waals surface area contributed by atoms with Gasteiger partial charge in [-0.25, -0.2) is 0 Å². The van der Waals surface area contributed by atoms with Crippen molar-refractivity contribution < 1.29 is 24.6 Å². The van der Waals surface area contributed by atoms with E-state index in [1.54, 1.807) is 0 Å². The Morgan fingerprint density at radius 1 is 0.833 bits per heavy atom. The summed E-state index contributed by atoms with van der Waals surface area (Å²) in [5, 5.41) is 20.0. The van der Waals surface area contributed by atoms with Crippen LogP contribution in [0.25, 0.3) is 0 Å². The van der Waals surface area contributed by atoms with Crippen molar-refractivity contribution in [1.29, 1.82) is 0 Å². The molecule has 4 fully saturated rings. The Morgan fingerprint density at radius 3 is 2.10 bits per heavy atom. The van der Waals surface area contributed by atoms with E-state index in [0.29, 0.717) is 18.3 Å². The molecule has 5 nitrogen and oxygen atoms in total. The lowest BCUT2D eigenvalue weighted by molar-refractivity contribution is -0.197. The summed E-state index contributed by atoms with van der Waals surface area (Å²) in [5.74, 6) is -0.143. The molecule has 0 aromatic rings. The van der Waals surface area contributed by atoms with E-state index >= 15 is 0 Å².